The van der Waals surface area contributed by atoms with Gasteiger partial charge in [-0.15, -0.1) is 0 Å². The molecule has 7 heteroatoms. The molecule has 0 atom stereocenters. The molecular formula is C11H13ClN2O4. The number of carbonyl (C=O) groups is 1. The number of rotatable bonds is 4. The fraction of sp³-hybridized carbons (Fsp3) is 0.364. The molecule has 0 bridgehead atoms. The lowest BCUT2D eigenvalue weighted by atomic mass is 10.0. The Balaban J connectivity index is 3.33. The molecule has 0 aliphatic heterocycles. The van der Waals surface area contributed by atoms with E-state index in [-0.39, 0.29) is 16.4 Å². The van der Waals surface area contributed by atoms with Gasteiger partial charge in [0.2, 0.25) is 0 Å². The predicted molar refractivity (Wildman–Crippen MR) is 68.2 cm³/mol. The summed E-state index contributed by atoms with van der Waals surface area (Å²) in [6.45, 7) is 2.93. The number of aliphatic carboxylic acids is 1. The Kier molecular flexibility index (Phi) is 3.81. The molecule has 98 valence electrons. The molecule has 1 rings (SSSR count). The van der Waals surface area contributed by atoms with Crippen molar-refractivity contribution in [2.45, 2.75) is 19.4 Å². The molecule has 0 saturated heterocycles. The maximum atomic E-state index is 11.1. The number of hydrogen-bond acceptors (Lipinski definition) is 4. The number of carboxylic acid groups (broad SMARTS) is 1. The van der Waals surface area contributed by atoms with Crippen LogP contribution in [0.2, 0.25) is 5.02 Å². The molecule has 1 N–H and O–H groups in total. The van der Waals surface area contributed by atoms with Crippen molar-refractivity contribution >= 4 is 28.9 Å². The minimum atomic E-state index is -1.27. The number of nitro benzene ring substituents is 1. The Morgan fingerprint density at radius 3 is 2.50 bits per heavy atom. The van der Waals surface area contributed by atoms with Crippen LogP contribution in [0.5, 0.6) is 0 Å². The first-order valence-electron chi connectivity index (χ1n) is 5.09. The minimum absolute atomic E-state index is 0.205. The number of hydrogen-bond donors (Lipinski definition) is 1. The highest BCUT2D eigenvalue weighted by Crippen LogP contribution is 2.33. The second-order valence-corrected chi connectivity index (χ2v) is 4.75. The molecule has 0 unspecified atom stereocenters. The Morgan fingerprint density at radius 1 is 1.50 bits per heavy atom. The normalized spacial score (nSPS) is 11.1. The molecule has 0 amide bonds. The van der Waals surface area contributed by atoms with Crippen molar-refractivity contribution in [3.63, 3.8) is 0 Å². The maximum Gasteiger partial charge on any atom is 0.328 e. The third kappa shape index (κ3) is 2.53. The number of halogens is 1. The quantitative estimate of drug-likeness (QED) is 0.673. The van der Waals surface area contributed by atoms with E-state index in [9.17, 15) is 14.9 Å². The minimum Gasteiger partial charge on any atom is -0.480 e. The summed E-state index contributed by atoms with van der Waals surface area (Å²) in [6.07, 6.45) is 0. The van der Waals surface area contributed by atoms with E-state index in [1.165, 1.54) is 44.0 Å². The Morgan fingerprint density at radius 2 is 2.06 bits per heavy atom. The molecule has 0 fully saturated rings. The number of carboxylic acids is 1. The summed E-state index contributed by atoms with van der Waals surface area (Å²) < 4.78 is 0. The number of nitro groups is 1. The first-order chi connectivity index (χ1) is 8.17. The average Bonchev–Trinajstić information content (AvgIpc) is 2.27. The van der Waals surface area contributed by atoms with Gasteiger partial charge >= 0.3 is 5.97 Å². The Hall–Kier alpha value is -1.82. The largest absolute Gasteiger partial charge is 0.480 e. The van der Waals surface area contributed by atoms with Crippen molar-refractivity contribution in [2.24, 2.45) is 0 Å². The van der Waals surface area contributed by atoms with Gasteiger partial charge in [-0.05, 0) is 26.0 Å². The van der Waals surface area contributed by atoms with Crippen LogP contribution >= 0.6 is 11.6 Å². The molecule has 0 aliphatic carbocycles. The van der Waals surface area contributed by atoms with E-state index >= 15 is 0 Å². The first-order valence-corrected chi connectivity index (χ1v) is 5.47. The van der Waals surface area contributed by atoms with Gasteiger partial charge in [0, 0.05) is 18.1 Å². The van der Waals surface area contributed by atoms with Crippen molar-refractivity contribution in [3.05, 3.63) is 33.3 Å². The molecule has 0 radical (unpaired) electrons. The smallest absolute Gasteiger partial charge is 0.328 e. The van der Waals surface area contributed by atoms with Crippen LogP contribution in [0.15, 0.2) is 18.2 Å². The second-order valence-electron chi connectivity index (χ2n) is 4.31. The average molecular weight is 273 g/mol. The fourth-order valence-corrected chi connectivity index (χ4v) is 1.54. The van der Waals surface area contributed by atoms with Crippen LogP contribution in [-0.4, -0.2) is 28.6 Å². The van der Waals surface area contributed by atoms with Gasteiger partial charge in [0.05, 0.1) is 4.92 Å². The van der Waals surface area contributed by atoms with Crippen molar-refractivity contribution in [2.75, 3.05) is 11.9 Å². The lowest BCUT2D eigenvalue weighted by Crippen LogP contribution is -2.48. The van der Waals surface area contributed by atoms with E-state index < -0.39 is 16.4 Å². The lowest BCUT2D eigenvalue weighted by molar-refractivity contribution is -0.384. The highest BCUT2D eigenvalue weighted by atomic mass is 35.5. The Labute approximate surface area is 109 Å². The number of benzene rings is 1. The monoisotopic (exact) mass is 272 g/mol. The predicted octanol–water partition coefficient (Wildman–Crippen LogP) is 2.55. The molecule has 6 nitrogen and oxygen atoms in total. The molecule has 0 saturated carbocycles. The molecule has 0 aliphatic rings. The summed E-state index contributed by atoms with van der Waals surface area (Å²) in [5.74, 6) is -1.07. The van der Waals surface area contributed by atoms with Gasteiger partial charge in [-0.2, -0.15) is 0 Å². The van der Waals surface area contributed by atoms with Crippen molar-refractivity contribution in [3.8, 4) is 0 Å². The molecule has 0 heterocycles. The second kappa shape index (κ2) is 4.81. The van der Waals surface area contributed by atoms with E-state index in [0.717, 1.165) is 0 Å². The summed E-state index contributed by atoms with van der Waals surface area (Å²) in [7, 11) is 1.49. The first kappa shape index (κ1) is 14.2. The number of likely N-dealkylation sites (N-methyl/N-ethyl adjacent to an activating group) is 1. The third-order valence-electron chi connectivity index (χ3n) is 2.86. The van der Waals surface area contributed by atoms with E-state index in [2.05, 4.69) is 0 Å². The number of nitrogens with zero attached hydrogens (tertiary/aromatic N) is 2. The summed E-state index contributed by atoms with van der Waals surface area (Å²) in [5.41, 5.74) is -1.28. The summed E-state index contributed by atoms with van der Waals surface area (Å²) in [4.78, 5) is 22.8. The van der Waals surface area contributed by atoms with Gasteiger partial charge in [-0.25, -0.2) is 4.79 Å². The van der Waals surface area contributed by atoms with E-state index in [4.69, 9.17) is 16.7 Å². The number of anilines is 1. The molecule has 18 heavy (non-hydrogen) atoms. The SMILES string of the molecule is CN(c1ccc(Cl)cc1[N+](=O)[O-])C(C)(C)C(=O)O. The van der Waals surface area contributed by atoms with E-state index in [1.807, 2.05) is 0 Å². The lowest BCUT2D eigenvalue weighted by Gasteiger charge is -2.33. The van der Waals surface area contributed by atoms with Gasteiger partial charge in [0.25, 0.3) is 5.69 Å². The van der Waals surface area contributed by atoms with Crippen LogP contribution in [0.25, 0.3) is 0 Å². The zero-order valence-corrected chi connectivity index (χ0v) is 10.9. The standard InChI is InChI=1S/C11H13ClN2O4/c1-11(2,10(15)16)13(3)8-5-4-7(12)6-9(8)14(17)18/h4-6H,1-3H3,(H,15,16). The van der Waals surface area contributed by atoms with Crippen LogP contribution in [0.3, 0.4) is 0 Å². The zero-order chi connectivity index (χ0) is 14.1. The van der Waals surface area contributed by atoms with Gasteiger partial charge in [0.15, 0.2) is 0 Å². The molecule has 0 spiro atoms. The summed E-state index contributed by atoms with van der Waals surface area (Å²) >= 11 is 5.70. The molecular weight excluding hydrogens is 260 g/mol. The van der Waals surface area contributed by atoms with Crippen LogP contribution in [0, 0.1) is 10.1 Å². The summed E-state index contributed by atoms with van der Waals surface area (Å²) in [5, 5.41) is 20.3. The fourth-order valence-electron chi connectivity index (χ4n) is 1.37. The van der Waals surface area contributed by atoms with Gasteiger partial charge in [-0.3, -0.25) is 10.1 Å². The highest BCUT2D eigenvalue weighted by Gasteiger charge is 2.35. The zero-order valence-electron chi connectivity index (χ0n) is 10.2. The third-order valence-corrected chi connectivity index (χ3v) is 3.09. The molecule has 1 aromatic rings. The Bertz CT molecular complexity index is 502. The van der Waals surface area contributed by atoms with Crippen LogP contribution in [-0.2, 0) is 4.79 Å². The van der Waals surface area contributed by atoms with Crippen LogP contribution in [0.4, 0.5) is 11.4 Å². The highest BCUT2D eigenvalue weighted by molar-refractivity contribution is 6.30. The van der Waals surface area contributed by atoms with Gasteiger partial charge in [0.1, 0.15) is 11.2 Å². The van der Waals surface area contributed by atoms with Crippen LogP contribution in [0.1, 0.15) is 13.8 Å². The maximum absolute atomic E-state index is 11.1. The van der Waals surface area contributed by atoms with E-state index in [1.54, 1.807) is 0 Å². The summed E-state index contributed by atoms with van der Waals surface area (Å²) in [6, 6.07) is 4.12. The van der Waals surface area contributed by atoms with Crippen molar-refractivity contribution in [1.29, 1.82) is 0 Å². The van der Waals surface area contributed by atoms with E-state index in [0.29, 0.717) is 0 Å². The van der Waals surface area contributed by atoms with Gasteiger partial charge in [-0.1, -0.05) is 11.6 Å². The topological polar surface area (TPSA) is 83.7 Å². The van der Waals surface area contributed by atoms with Crippen molar-refractivity contribution < 1.29 is 14.8 Å². The molecule has 1 aromatic carbocycles. The van der Waals surface area contributed by atoms with Crippen molar-refractivity contribution in [1.82, 2.24) is 0 Å². The van der Waals surface area contributed by atoms with Crippen LogP contribution < -0.4 is 4.90 Å². The molecule has 0 aromatic heterocycles. The van der Waals surface area contributed by atoms with Gasteiger partial charge < -0.3 is 10.0 Å².